The second kappa shape index (κ2) is 5.68. The van der Waals surface area contributed by atoms with E-state index in [9.17, 15) is 0 Å². The Morgan fingerprint density at radius 2 is 2.00 bits per heavy atom. The van der Waals surface area contributed by atoms with Gasteiger partial charge in [-0.05, 0) is 68.5 Å². The van der Waals surface area contributed by atoms with Gasteiger partial charge >= 0.3 is 0 Å². The van der Waals surface area contributed by atoms with Crippen LogP contribution in [0.1, 0.15) is 25.0 Å². The molecule has 1 saturated carbocycles. The second-order valence-electron chi connectivity index (χ2n) is 5.61. The molecule has 0 amide bonds. The molecule has 0 saturated heterocycles. The van der Waals surface area contributed by atoms with E-state index in [1.54, 1.807) is 0 Å². The van der Waals surface area contributed by atoms with Crippen LogP contribution in [0.2, 0.25) is 0 Å². The Morgan fingerprint density at radius 3 is 2.44 bits per heavy atom. The number of halogens is 1. The van der Waals surface area contributed by atoms with E-state index < -0.39 is 0 Å². The smallest absolute Gasteiger partial charge is 0.0544 e. The van der Waals surface area contributed by atoms with Gasteiger partial charge in [-0.25, -0.2) is 0 Å². The van der Waals surface area contributed by atoms with E-state index in [0.717, 1.165) is 23.3 Å². The summed E-state index contributed by atoms with van der Waals surface area (Å²) in [5, 5.41) is 0. The van der Waals surface area contributed by atoms with Crippen LogP contribution in [-0.4, -0.2) is 48.0 Å². The van der Waals surface area contributed by atoms with E-state index in [2.05, 4.69) is 64.0 Å². The molecule has 1 aromatic heterocycles. The average molecular weight is 312 g/mol. The molecule has 0 spiro atoms. The zero-order valence-electron chi connectivity index (χ0n) is 11.5. The standard InChI is InChI=1S/C14H22BrN3/c1-17(2)14(7-4-8-14)11-18(3)10-13-6-5-12(15)9-16-13/h5-6,9H,4,7-8,10-11H2,1-3H3. The van der Waals surface area contributed by atoms with E-state index in [-0.39, 0.29) is 0 Å². The molecule has 0 atom stereocenters. The van der Waals surface area contributed by atoms with Crippen molar-refractivity contribution < 1.29 is 0 Å². The molecule has 0 bridgehead atoms. The summed E-state index contributed by atoms with van der Waals surface area (Å²) in [5.74, 6) is 0. The predicted molar refractivity (Wildman–Crippen MR) is 78.5 cm³/mol. The lowest BCUT2D eigenvalue weighted by molar-refractivity contribution is 0.0256. The van der Waals surface area contributed by atoms with E-state index in [1.165, 1.54) is 19.3 Å². The molecule has 1 heterocycles. The predicted octanol–water partition coefficient (Wildman–Crippen LogP) is 2.76. The van der Waals surface area contributed by atoms with Crippen LogP contribution in [-0.2, 0) is 6.54 Å². The molecule has 100 valence electrons. The fraction of sp³-hybridized carbons (Fsp3) is 0.643. The van der Waals surface area contributed by atoms with Crippen molar-refractivity contribution in [3.8, 4) is 0 Å². The average Bonchev–Trinajstić information content (AvgIpc) is 2.26. The van der Waals surface area contributed by atoms with Crippen molar-refractivity contribution in [2.75, 3.05) is 27.7 Å². The maximum atomic E-state index is 4.43. The van der Waals surface area contributed by atoms with E-state index >= 15 is 0 Å². The monoisotopic (exact) mass is 311 g/mol. The van der Waals surface area contributed by atoms with Crippen molar-refractivity contribution in [3.63, 3.8) is 0 Å². The van der Waals surface area contributed by atoms with E-state index in [1.807, 2.05) is 6.20 Å². The highest BCUT2D eigenvalue weighted by Crippen LogP contribution is 2.36. The lowest BCUT2D eigenvalue weighted by atomic mass is 9.75. The highest BCUT2D eigenvalue weighted by Gasteiger charge is 2.39. The third kappa shape index (κ3) is 3.11. The number of hydrogen-bond acceptors (Lipinski definition) is 3. The van der Waals surface area contributed by atoms with Gasteiger partial charge in [-0.15, -0.1) is 0 Å². The summed E-state index contributed by atoms with van der Waals surface area (Å²) in [5.41, 5.74) is 1.53. The first-order chi connectivity index (χ1) is 8.52. The molecule has 0 aromatic carbocycles. The topological polar surface area (TPSA) is 19.4 Å². The van der Waals surface area contributed by atoms with E-state index in [4.69, 9.17) is 0 Å². The minimum Gasteiger partial charge on any atom is -0.302 e. The van der Waals surface area contributed by atoms with Gasteiger partial charge in [0.1, 0.15) is 0 Å². The number of rotatable bonds is 5. The minimum atomic E-state index is 0.393. The number of pyridine rings is 1. The highest BCUT2D eigenvalue weighted by atomic mass is 79.9. The summed E-state index contributed by atoms with van der Waals surface area (Å²) in [6.07, 6.45) is 5.87. The molecule has 0 radical (unpaired) electrons. The van der Waals surface area contributed by atoms with Crippen LogP contribution in [0.3, 0.4) is 0 Å². The molecule has 0 unspecified atom stereocenters. The number of aromatic nitrogens is 1. The summed E-state index contributed by atoms with van der Waals surface area (Å²) in [4.78, 5) is 9.21. The van der Waals surface area contributed by atoms with Crippen molar-refractivity contribution in [1.82, 2.24) is 14.8 Å². The second-order valence-corrected chi connectivity index (χ2v) is 6.53. The molecule has 1 fully saturated rings. The molecule has 0 N–H and O–H groups in total. The summed E-state index contributed by atoms with van der Waals surface area (Å²) >= 11 is 3.42. The largest absolute Gasteiger partial charge is 0.302 e. The quantitative estimate of drug-likeness (QED) is 0.833. The van der Waals surface area contributed by atoms with Crippen molar-refractivity contribution >= 4 is 15.9 Å². The first-order valence-electron chi connectivity index (χ1n) is 6.48. The van der Waals surface area contributed by atoms with Crippen LogP contribution < -0.4 is 0 Å². The Hall–Kier alpha value is -0.450. The molecule has 18 heavy (non-hydrogen) atoms. The van der Waals surface area contributed by atoms with Crippen molar-refractivity contribution in [2.45, 2.75) is 31.3 Å². The fourth-order valence-electron chi connectivity index (χ4n) is 2.67. The summed E-state index contributed by atoms with van der Waals surface area (Å²) in [6, 6.07) is 4.14. The normalized spacial score (nSPS) is 18.1. The van der Waals surface area contributed by atoms with Crippen molar-refractivity contribution in [2.24, 2.45) is 0 Å². The lowest BCUT2D eigenvalue weighted by Gasteiger charge is -2.49. The highest BCUT2D eigenvalue weighted by molar-refractivity contribution is 9.10. The number of hydrogen-bond donors (Lipinski definition) is 0. The van der Waals surface area contributed by atoms with Gasteiger partial charge in [0.15, 0.2) is 0 Å². The van der Waals surface area contributed by atoms with Gasteiger partial charge in [-0.2, -0.15) is 0 Å². The Labute approximate surface area is 118 Å². The van der Waals surface area contributed by atoms with Gasteiger partial charge < -0.3 is 4.90 Å². The van der Waals surface area contributed by atoms with Crippen LogP contribution in [0, 0.1) is 0 Å². The zero-order chi connectivity index (χ0) is 13.2. The summed E-state index contributed by atoms with van der Waals surface area (Å²) < 4.78 is 1.04. The Kier molecular flexibility index (Phi) is 4.41. The van der Waals surface area contributed by atoms with Crippen LogP contribution in [0.25, 0.3) is 0 Å². The SMILES string of the molecule is CN(Cc1ccc(Br)cn1)CC1(N(C)C)CCC1. The first kappa shape index (κ1) is 14.0. The van der Waals surface area contributed by atoms with Gasteiger partial charge in [-0.1, -0.05) is 0 Å². The third-order valence-electron chi connectivity index (χ3n) is 4.02. The van der Waals surface area contributed by atoms with Crippen LogP contribution >= 0.6 is 15.9 Å². The molecule has 1 aliphatic carbocycles. The number of likely N-dealkylation sites (N-methyl/N-ethyl adjacent to an activating group) is 2. The van der Waals surface area contributed by atoms with Gasteiger partial charge in [0.2, 0.25) is 0 Å². The Balaban J connectivity index is 1.92. The molecule has 1 aromatic rings. The van der Waals surface area contributed by atoms with Gasteiger partial charge in [0, 0.05) is 29.3 Å². The van der Waals surface area contributed by atoms with Crippen molar-refractivity contribution in [3.05, 3.63) is 28.5 Å². The van der Waals surface area contributed by atoms with E-state index in [0.29, 0.717) is 5.54 Å². The third-order valence-corrected chi connectivity index (χ3v) is 4.49. The minimum absolute atomic E-state index is 0.393. The first-order valence-corrected chi connectivity index (χ1v) is 7.28. The summed E-state index contributed by atoms with van der Waals surface area (Å²) in [6.45, 7) is 2.04. The fourth-order valence-corrected chi connectivity index (χ4v) is 2.90. The molecule has 0 aliphatic heterocycles. The van der Waals surface area contributed by atoms with Gasteiger partial charge in [0.05, 0.1) is 5.69 Å². The number of nitrogens with zero attached hydrogens (tertiary/aromatic N) is 3. The molecular weight excluding hydrogens is 290 g/mol. The lowest BCUT2D eigenvalue weighted by Crippen LogP contribution is -2.56. The van der Waals surface area contributed by atoms with Crippen LogP contribution in [0.15, 0.2) is 22.8 Å². The molecule has 4 heteroatoms. The maximum Gasteiger partial charge on any atom is 0.0544 e. The van der Waals surface area contributed by atoms with Crippen LogP contribution in [0.5, 0.6) is 0 Å². The van der Waals surface area contributed by atoms with Gasteiger partial charge in [0.25, 0.3) is 0 Å². The van der Waals surface area contributed by atoms with Crippen molar-refractivity contribution in [1.29, 1.82) is 0 Å². The molecule has 3 nitrogen and oxygen atoms in total. The van der Waals surface area contributed by atoms with Crippen LogP contribution in [0.4, 0.5) is 0 Å². The Morgan fingerprint density at radius 1 is 1.28 bits per heavy atom. The zero-order valence-corrected chi connectivity index (χ0v) is 13.1. The maximum absolute atomic E-state index is 4.43. The molecule has 2 rings (SSSR count). The summed E-state index contributed by atoms with van der Waals surface area (Å²) in [7, 11) is 6.59. The molecular formula is C14H22BrN3. The van der Waals surface area contributed by atoms with Gasteiger partial charge in [-0.3, -0.25) is 9.88 Å². The Bertz CT molecular complexity index is 385. The molecule has 1 aliphatic rings.